The molecule has 0 bridgehead atoms. The molecule has 0 radical (unpaired) electrons. The zero-order valence-corrected chi connectivity index (χ0v) is 12.6. The van der Waals surface area contributed by atoms with Gasteiger partial charge in [-0.15, -0.1) is 0 Å². The van der Waals surface area contributed by atoms with Gasteiger partial charge in [0.25, 0.3) is 0 Å². The molecule has 0 aliphatic rings. The molecule has 0 aliphatic heterocycles. The molecule has 2 aromatic rings. The summed E-state index contributed by atoms with van der Waals surface area (Å²) in [6, 6.07) is 9.78. The van der Waals surface area contributed by atoms with Gasteiger partial charge in [-0.1, -0.05) is 0 Å². The topological polar surface area (TPSA) is 83.4 Å². The number of anilines is 1. The lowest BCUT2D eigenvalue weighted by Crippen LogP contribution is -2.31. The van der Waals surface area contributed by atoms with Crippen molar-refractivity contribution < 1.29 is 14.7 Å². The highest BCUT2D eigenvalue weighted by atomic mass is 16.4. The molecule has 1 aromatic carbocycles. The van der Waals surface area contributed by atoms with E-state index < -0.39 is 5.97 Å². The standard InChI is InChI=1S/C16H19N3O3/c1-11-3-4-12(2)19(11)10-9-17-16(22)18-14-7-5-13(6-8-14)15(20)21/h3-8H,9-10H2,1-2H3,(H,20,21)(H2,17,18,22). The predicted octanol–water partition coefficient (Wildman–Crippen LogP) is 2.62. The van der Waals surface area contributed by atoms with Crippen molar-refractivity contribution in [2.75, 3.05) is 11.9 Å². The van der Waals surface area contributed by atoms with E-state index >= 15 is 0 Å². The van der Waals surface area contributed by atoms with Crippen LogP contribution in [-0.2, 0) is 6.54 Å². The summed E-state index contributed by atoms with van der Waals surface area (Å²) < 4.78 is 2.13. The van der Waals surface area contributed by atoms with Crippen molar-refractivity contribution in [2.45, 2.75) is 20.4 Å². The molecule has 0 saturated carbocycles. The molecule has 1 aromatic heterocycles. The Morgan fingerprint density at radius 1 is 1.05 bits per heavy atom. The van der Waals surface area contributed by atoms with Crippen LogP contribution < -0.4 is 10.6 Å². The minimum Gasteiger partial charge on any atom is -0.478 e. The van der Waals surface area contributed by atoms with Gasteiger partial charge in [0.15, 0.2) is 0 Å². The summed E-state index contributed by atoms with van der Waals surface area (Å²) in [7, 11) is 0. The van der Waals surface area contributed by atoms with Crippen molar-refractivity contribution in [1.82, 2.24) is 9.88 Å². The third-order valence-electron chi connectivity index (χ3n) is 3.43. The molecule has 0 unspecified atom stereocenters. The molecule has 3 N–H and O–H groups in total. The summed E-state index contributed by atoms with van der Waals surface area (Å²) in [5, 5.41) is 14.2. The Morgan fingerprint density at radius 2 is 1.64 bits per heavy atom. The lowest BCUT2D eigenvalue weighted by Gasteiger charge is -2.11. The SMILES string of the molecule is Cc1ccc(C)n1CCNC(=O)Nc1ccc(C(=O)O)cc1. The van der Waals surface area contributed by atoms with E-state index in [-0.39, 0.29) is 11.6 Å². The zero-order valence-electron chi connectivity index (χ0n) is 12.6. The first kappa shape index (κ1) is 15.6. The first-order valence-electron chi connectivity index (χ1n) is 6.98. The number of aromatic carboxylic acids is 1. The minimum atomic E-state index is -0.992. The number of rotatable bonds is 5. The Labute approximate surface area is 128 Å². The van der Waals surface area contributed by atoms with E-state index in [1.54, 1.807) is 12.1 Å². The van der Waals surface area contributed by atoms with Crippen molar-refractivity contribution in [2.24, 2.45) is 0 Å². The van der Waals surface area contributed by atoms with Gasteiger partial charge in [0.1, 0.15) is 0 Å². The molecule has 116 valence electrons. The summed E-state index contributed by atoms with van der Waals surface area (Å²) in [5.41, 5.74) is 3.05. The first-order chi connectivity index (χ1) is 10.5. The van der Waals surface area contributed by atoms with Gasteiger partial charge in [0, 0.05) is 30.2 Å². The van der Waals surface area contributed by atoms with E-state index in [4.69, 9.17) is 5.11 Å². The number of nitrogens with one attached hydrogen (secondary N) is 2. The second-order valence-corrected chi connectivity index (χ2v) is 5.03. The highest BCUT2D eigenvalue weighted by molar-refractivity contribution is 5.91. The summed E-state index contributed by atoms with van der Waals surface area (Å²) >= 11 is 0. The Bertz CT molecular complexity index is 655. The number of urea groups is 1. The molecule has 0 fully saturated rings. The fourth-order valence-electron chi connectivity index (χ4n) is 2.20. The largest absolute Gasteiger partial charge is 0.478 e. The number of hydrogen-bond donors (Lipinski definition) is 3. The summed E-state index contributed by atoms with van der Waals surface area (Å²) in [4.78, 5) is 22.5. The highest BCUT2D eigenvalue weighted by Crippen LogP contribution is 2.09. The van der Waals surface area contributed by atoms with Gasteiger partial charge in [0.2, 0.25) is 0 Å². The van der Waals surface area contributed by atoms with Gasteiger partial charge in [-0.05, 0) is 50.2 Å². The van der Waals surface area contributed by atoms with Crippen LogP contribution in [0.3, 0.4) is 0 Å². The van der Waals surface area contributed by atoms with Gasteiger partial charge >= 0.3 is 12.0 Å². The predicted molar refractivity (Wildman–Crippen MR) is 84.3 cm³/mol. The van der Waals surface area contributed by atoms with E-state index in [1.165, 1.54) is 12.1 Å². The molecule has 2 rings (SSSR count). The number of carbonyl (C=O) groups excluding carboxylic acids is 1. The Hall–Kier alpha value is -2.76. The molecule has 6 heteroatoms. The molecular formula is C16H19N3O3. The number of carboxylic acid groups (broad SMARTS) is 1. The second-order valence-electron chi connectivity index (χ2n) is 5.03. The van der Waals surface area contributed by atoms with Crippen LogP contribution in [0.1, 0.15) is 21.7 Å². The van der Waals surface area contributed by atoms with E-state index in [1.807, 2.05) is 26.0 Å². The Morgan fingerprint density at radius 3 is 2.18 bits per heavy atom. The first-order valence-corrected chi connectivity index (χ1v) is 6.98. The van der Waals surface area contributed by atoms with Gasteiger partial charge in [-0.25, -0.2) is 9.59 Å². The number of benzene rings is 1. The molecule has 0 atom stereocenters. The van der Waals surface area contributed by atoms with E-state index in [0.717, 1.165) is 11.4 Å². The molecule has 1 heterocycles. The lowest BCUT2D eigenvalue weighted by atomic mass is 10.2. The lowest BCUT2D eigenvalue weighted by molar-refractivity contribution is 0.0697. The molecule has 0 aliphatic carbocycles. The van der Waals surface area contributed by atoms with Crippen LogP contribution in [0.25, 0.3) is 0 Å². The Kier molecular flexibility index (Phi) is 4.83. The number of aryl methyl sites for hydroxylation is 2. The maximum atomic E-state index is 11.8. The fourth-order valence-corrected chi connectivity index (χ4v) is 2.20. The Balaban J connectivity index is 1.82. The molecule has 2 amide bonds. The van der Waals surface area contributed by atoms with Gasteiger partial charge in [-0.3, -0.25) is 0 Å². The second kappa shape index (κ2) is 6.80. The number of carboxylic acids is 1. The van der Waals surface area contributed by atoms with Crippen LogP contribution in [0.5, 0.6) is 0 Å². The average Bonchev–Trinajstić information content (AvgIpc) is 2.79. The molecule has 0 saturated heterocycles. The third kappa shape index (κ3) is 3.88. The van der Waals surface area contributed by atoms with Gasteiger partial charge in [-0.2, -0.15) is 0 Å². The number of nitrogens with zero attached hydrogens (tertiary/aromatic N) is 1. The molecule has 6 nitrogen and oxygen atoms in total. The summed E-state index contributed by atoms with van der Waals surface area (Å²) in [6.45, 7) is 5.26. The number of hydrogen-bond acceptors (Lipinski definition) is 2. The maximum absolute atomic E-state index is 11.8. The van der Waals surface area contributed by atoms with Crippen LogP contribution >= 0.6 is 0 Å². The van der Waals surface area contributed by atoms with Crippen LogP contribution in [0.4, 0.5) is 10.5 Å². The average molecular weight is 301 g/mol. The quantitative estimate of drug-likeness (QED) is 0.794. The van der Waals surface area contributed by atoms with Crippen LogP contribution in [0.15, 0.2) is 36.4 Å². The monoisotopic (exact) mass is 301 g/mol. The normalized spacial score (nSPS) is 10.3. The maximum Gasteiger partial charge on any atom is 0.335 e. The van der Waals surface area contributed by atoms with Crippen molar-refractivity contribution in [3.8, 4) is 0 Å². The zero-order chi connectivity index (χ0) is 16.1. The minimum absolute atomic E-state index is 0.185. The molecular weight excluding hydrogens is 282 g/mol. The van der Waals surface area contributed by atoms with Crippen LogP contribution in [0.2, 0.25) is 0 Å². The van der Waals surface area contributed by atoms with Crippen molar-refractivity contribution in [3.63, 3.8) is 0 Å². The van der Waals surface area contributed by atoms with Crippen molar-refractivity contribution >= 4 is 17.7 Å². The van der Waals surface area contributed by atoms with E-state index in [2.05, 4.69) is 15.2 Å². The smallest absolute Gasteiger partial charge is 0.335 e. The van der Waals surface area contributed by atoms with Crippen molar-refractivity contribution in [1.29, 1.82) is 0 Å². The third-order valence-corrected chi connectivity index (χ3v) is 3.43. The molecule has 0 spiro atoms. The van der Waals surface area contributed by atoms with Crippen LogP contribution in [0, 0.1) is 13.8 Å². The van der Waals surface area contributed by atoms with Gasteiger partial charge in [0.05, 0.1) is 5.56 Å². The van der Waals surface area contributed by atoms with E-state index in [9.17, 15) is 9.59 Å². The van der Waals surface area contributed by atoms with Crippen LogP contribution in [-0.4, -0.2) is 28.2 Å². The number of carbonyl (C=O) groups is 2. The van der Waals surface area contributed by atoms with Crippen molar-refractivity contribution in [3.05, 3.63) is 53.3 Å². The number of amides is 2. The number of aromatic nitrogens is 1. The van der Waals surface area contributed by atoms with E-state index in [0.29, 0.717) is 18.8 Å². The fraction of sp³-hybridized carbons (Fsp3) is 0.250. The highest BCUT2D eigenvalue weighted by Gasteiger charge is 2.05. The van der Waals surface area contributed by atoms with Gasteiger partial charge < -0.3 is 20.3 Å². The molecule has 22 heavy (non-hydrogen) atoms. The summed E-state index contributed by atoms with van der Waals surface area (Å²) in [6.07, 6.45) is 0. The summed E-state index contributed by atoms with van der Waals surface area (Å²) in [5.74, 6) is -0.992.